The quantitative estimate of drug-likeness (QED) is 0.738. The number of aromatic nitrogens is 1. The van der Waals surface area contributed by atoms with Crippen molar-refractivity contribution in [3.63, 3.8) is 0 Å². The van der Waals surface area contributed by atoms with Crippen molar-refractivity contribution in [3.8, 4) is 0 Å². The third-order valence-corrected chi connectivity index (χ3v) is 6.24. The van der Waals surface area contributed by atoms with Gasteiger partial charge in [0.25, 0.3) is 5.91 Å². The first-order valence-electron chi connectivity index (χ1n) is 10.8. The van der Waals surface area contributed by atoms with Crippen LogP contribution >= 0.6 is 0 Å². The molecule has 0 N–H and O–H groups in total. The molecule has 1 saturated carbocycles. The van der Waals surface area contributed by atoms with Gasteiger partial charge in [0.05, 0.1) is 12.2 Å². The van der Waals surface area contributed by atoms with E-state index in [0.717, 1.165) is 37.2 Å². The van der Waals surface area contributed by atoms with Gasteiger partial charge in [0.15, 0.2) is 0 Å². The van der Waals surface area contributed by atoms with Gasteiger partial charge in [0, 0.05) is 36.6 Å². The van der Waals surface area contributed by atoms with Crippen LogP contribution in [0.2, 0.25) is 0 Å². The molecule has 28 heavy (non-hydrogen) atoms. The zero-order valence-electron chi connectivity index (χ0n) is 16.9. The number of aryl methyl sites for hydroxylation is 1. The van der Waals surface area contributed by atoms with Gasteiger partial charge in [-0.25, -0.2) is 0 Å². The van der Waals surface area contributed by atoms with Crippen LogP contribution in [0.4, 0.5) is 5.69 Å². The Balaban J connectivity index is 1.61. The lowest BCUT2D eigenvalue weighted by Gasteiger charge is -2.34. The topological polar surface area (TPSA) is 36.4 Å². The van der Waals surface area contributed by atoms with Gasteiger partial charge in [-0.05, 0) is 62.4 Å². The van der Waals surface area contributed by atoms with Crippen LogP contribution in [-0.2, 0) is 6.54 Å². The fraction of sp³-hybridized carbons (Fsp3) is 0.500. The number of hydrogen-bond acceptors (Lipinski definition) is 3. The van der Waals surface area contributed by atoms with E-state index in [-0.39, 0.29) is 5.91 Å². The Morgan fingerprint density at radius 3 is 2.57 bits per heavy atom. The highest BCUT2D eigenvalue weighted by molar-refractivity contribution is 5.95. The molecule has 1 aromatic heterocycles. The van der Waals surface area contributed by atoms with Gasteiger partial charge < -0.3 is 9.80 Å². The summed E-state index contributed by atoms with van der Waals surface area (Å²) in [5.74, 6) is 0.151. The average Bonchev–Trinajstić information content (AvgIpc) is 3.28. The van der Waals surface area contributed by atoms with Crippen molar-refractivity contribution >= 4 is 11.6 Å². The Bertz CT molecular complexity index is 793. The molecule has 0 unspecified atom stereocenters. The Hall–Kier alpha value is -2.36. The van der Waals surface area contributed by atoms with Crippen LogP contribution in [-0.4, -0.2) is 34.9 Å². The number of carbonyl (C=O) groups is 1. The van der Waals surface area contributed by atoms with Crippen LogP contribution in [0.3, 0.4) is 0 Å². The number of amides is 1. The minimum Gasteiger partial charge on any atom is -0.371 e. The van der Waals surface area contributed by atoms with Gasteiger partial charge in [0.2, 0.25) is 0 Å². The average molecular weight is 378 g/mol. The molecule has 4 nitrogen and oxygen atoms in total. The molecule has 0 spiro atoms. The lowest BCUT2D eigenvalue weighted by Crippen LogP contribution is -2.41. The van der Waals surface area contributed by atoms with E-state index < -0.39 is 0 Å². The second kappa shape index (κ2) is 8.76. The molecule has 0 atom stereocenters. The molecule has 0 bridgehead atoms. The van der Waals surface area contributed by atoms with Gasteiger partial charge in [-0.15, -0.1) is 0 Å². The predicted molar refractivity (Wildman–Crippen MR) is 114 cm³/mol. The van der Waals surface area contributed by atoms with E-state index in [1.54, 1.807) is 0 Å². The predicted octanol–water partition coefficient (Wildman–Crippen LogP) is 4.97. The first-order valence-corrected chi connectivity index (χ1v) is 10.8. The van der Waals surface area contributed by atoms with Crippen LogP contribution in [0, 0.1) is 6.92 Å². The molecule has 2 aliphatic rings. The first kappa shape index (κ1) is 19.0. The number of benzene rings is 1. The van der Waals surface area contributed by atoms with Crippen molar-refractivity contribution in [2.75, 3.05) is 18.0 Å². The maximum atomic E-state index is 13.6. The van der Waals surface area contributed by atoms with Crippen LogP contribution in [0.25, 0.3) is 0 Å². The molecule has 1 saturated heterocycles. The molecule has 1 aliphatic heterocycles. The highest BCUT2D eigenvalue weighted by atomic mass is 16.2. The summed E-state index contributed by atoms with van der Waals surface area (Å²) >= 11 is 0. The molecular weight excluding hydrogens is 346 g/mol. The van der Waals surface area contributed by atoms with Gasteiger partial charge in [-0.2, -0.15) is 0 Å². The summed E-state index contributed by atoms with van der Waals surface area (Å²) in [7, 11) is 0. The highest BCUT2D eigenvalue weighted by Gasteiger charge is 2.27. The fourth-order valence-electron chi connectivity index (χ4n) is 4.63. The summed E-state index contributed by atoms with van der Waals surface area (Å²) in [5.41, 5.74) is 4.26. The van der Waals surface area contributed by atoms with E-state index in [1.165, 1.54) is 43.4 Å². The minimum absolute atomic E-state index is 0.151. The first-order chi connectivity index (χ1) is 13.7. The number of carbonyl (C=O) groups excluding carboxylic acids is 1. The van der Waals surface area contributed by atoms with E-state index in [4.69, 9.17) is 0 Å². The summed E-state index contributed by atoms with van der Waals surface area (Å²) < 4.78 is 0. The van der Waals surface area contributed by atoms with E-state index in [9.17, 15) is 4.79 Å². The number of anilines is 1. The van der Waals surface area contributed by atoms with Crippen LogP contribution in [0.5, 0.6) is 0 Å². The van der Waals surface area contributed by atoms with Crippen LogP contribution in [0.15, 0.2) is 42.6 Å². The molecule has 0 radical (unpaired) electrons. The van der Waals surface area contributed by atoms with Gasteiger partial charge in [0.1, 0.15) is 0 Å². The van der Waals surface area contributed by atoms with Crippen LogP contribution < -0.4 is 4.90 Å². The minimum atomic E-state index is 0.151. The number of pyridine rings is 1. The third-order valence-electron chi connectivity index (χ3n) is 6.24. The van der Waals surface area contributed by atoms with E-state index in [2.05, 4.69) is 33.8 Å². The summed E-state index contributed by atoms with van der Waals surface area (Å²) in [6.07, 6.45) is 10.2. The summed E-state index contributed by atoms with van der Waals surface area (Å²) in [5, 5.41) is 0. The third kappa shape index (κ3) is 4.21. The van der Waals surface area contributed by atoms with Crippen molar-refractivity contribution in [2.24, 2.45) is 0 Å². The monoisotopic (exact) mass is 377 g/mol. The zero-order valence-corrected chi connectivity index (χ0v) is 16.9. The fourth-order valence-corrected chi connectivity index (χ4v) is 4.63. The summed E-state index contributed by atoms with van der Waals surface area (Å²) in [4.78, 5) is 22.6. The van der Waals surface area contributed by atoms with E-state index in [1.807, 2.05) is 30.5 Å². The number of nitrogens with zero attached hydrogens (tertiary/aromatic N) is 3. The molecule has 2 aromatic rings. The standard InChI is InChI=1S/C24H31N3O/c1-19-12-13-20(17-23(19)26-15-7-8-16-26)24(28)27(22-10-3-2-4-11-22)18-21-9-5-6-14-25-21/h5-6,9,12-14,17,22H,2-4,7-8,10-11,15-16,18H2,1H3. The maximum absolute atomic E-state index is 13.6. The molecular formula is C24H31N3O. The number of hydrogen-bond donors (Lipinski definition) is 0. The molecule has 1 aromatic carbocycles. The Morgan fingerprint density at radius 2 is 1.86 bits per heavy atom. The largest absolute Gasteiger partial charge is 0.371 e. The highest BCUT2D eigenvalue weighted by Crippen LogP contribution is 2.29. The molecule has 2 heterocycles. The SMILES string of the molecule is Cc1ccc(C(=O)N(Cc2ccccn2)C2CCCCC2)cc1N1CCCC1. The number of rotatable bonds is 5. The van der Waals surface area contributed by atoms with Gasteiger partial charge in [-0.3, -0.25) is 9.78 Å². The second-order valence-corrected chi connectivity index (χ2v) is 8.24. The zero-order chi connectivity index (χ0) is 19.3. The van der Waals surface area contributed by atoms with Crippen molar-refractivity contribution in [1.82, 2.24) is 9.88 Å². The van der Waals surface area contributed by atoms with Gasteiger partial charge >= 0.3 is 0 Å². The van der Waals surface area contributed by atoms with E-state index in [0.29, 0.717) is 12.6 Å². The second-order valence-electron chi connectivity index (χ2n) is 8.24. The summed E-state index contributed by atoms with van der Waals surface area (Å²) in [6.45, 7) is 4.93. The van der Waals surface area contributed by atoms with Crippen molar-refractivity contribution in [3.05, 3.63) is 59.4 Å². The van der Waals surface area contributed by atoms with E-state index >= 15 is 0 Å². The smallest absolute Gasteiger partial charge is 0.254 e. The summed E-state index contributed by atoms with van der Waals surface area (Å²) in [6, 6.07) is 12.5. The van der Waals surface area contributed by atoms with Crippen LogP contribution in [0.1, 0.15) is 66.6 Å². The van der Waals surface area contributed by atoms with Crippen molar-refractivity contribution in [2.45, 2.75) is 64.5 Å². The molecule has 1 amide bonds. The lowest BCUT2D eigenvalue weighted by molar-refractivity contribution is 0.0611. The molecule has 2 fully saturated rings. The maximum Gasteiger partial charge on any atom is 0.254 e. The molecule has 148 valence electrons. The molecule has 1 aliphatic carbocycles. The lowest BCUT2D eigenvalue weighted by atomic mass is 9.93. The Kier molecular flexibility index (Phi) is 5.94. The van der Waals surface area contributed by atoms with Crippen molar-refractivity contribution in [1.29, 1.82) is 0 Å². The van der Waals surface area contributed by atoms with Crippen molar-refractivity contribution < 1.29 is 4.79 Å². The Labute approximate surface area is 168 Å². The normalized spacial score (nSPS) is 17.7. The molecule has 4 rings (SSSR count). The Morgan fingerprint density at radius 1 is 1.07 bits per heavy atom. The molecule has 4 heteroatoms. The van der Waals surface area contributed by atoms with Gasteiger partial charge in [-0.1, -0.05) is 31.4 Å².